The highest BCUT2D eigenvalue weighted by atomic mass is 79.9. The Balaban J connectivity index is 2.70. The Morgan fingerprint density at radius 3 is 2.67 bits per heavy atom. The third kappa shape index (κ3) is 3.88. The van der Waals surface area contributed by atoms with Crippen LogP contribution in [0.15, 0.2) is 28.8 Å². The number of carbonyl (C=O) groups is 1. The zero-order valence-electron chi connectivity index (χ0n) is 11.0. The van der Waals surface area contributed by atoms with E-state index in [9.17, 15) is 4.79 Å². The van der Waals surface area contributed by atoms with Crippen molar-refractivity contribution in [3.8, 4) is 0 Å². The zero-order valence-corrected chi connectivity index (χ0v) is 12.6. The number of nitrogens with one attached hydrogen (secondary N) is 1. The smallest absolute Gasteiger partial charge is 0.335 e. The molecule has 0 amide bonds. The van der Waals surface area contributed by atoms with Gasteiger partial charge in [0.1, 0.15) is 0 Å². The summed E-state index contributed by atoms with van der Waals surface area (Å²) in [5.74, 6) is -0.356. The molecule has 4 heteroatoms. The van der Waals surface area contributed by atoms with E-state index in [0.29, 0.717) is 18.7 Å². The van der Waals surface area contributed by atoms with Crippen LogP contribution < -0.4 is 5.32 Å². The van der Waals surface area contributed by atoms with Crippen molar-refractivity contribution in [1.29, 1.82) is 0 Å². The predicted molar refractivity (Wildman–Crippen MR) is 77.9 cm³/mol. The Morgan fingerprint density at radius 1 is 1.44 bits per heavy atom. The molecule has 0 radical (unpaired) electrons. The van der Waals surface area contributed by atoms with Gasteiger partial charge in [-0.3, -0.25) is 0 Å². The van der Waals surface area contributed by atoms with E-state index in [4.69, 9.17) is 4.74 Å². The largest absolute Gasteiger partial charge is 0.463 e. The molecule has 0 aromatic heterocycles. The maximum atomic E-state index is 11.4. The Kier molecular flexibility index (Phi) is 5.41. The first-order valence-electron chi connectivity index (χ1n) is 5.81. The minimum absolute atomic E-state index is 0.356. The quantitative estimate of drug-likeness (QED) is 0.667. The molecule has 3 nitrogen and oxygen atoms in total. The fraction of sp³-hybridized carbons (Fsp3) is 0.357. The van der Waals surface area contributed by atoms with Gasteiger partial charge in [0, 0.05) is 16.6 Å². The lowest BCUT2D eigenvalue weighted by Crippen LogP contribution is -2.15. The summed E-state index contributed by atoms with van der Waals surface area (Å²) in [5, 5.41) is 3.20. The van der Waals surface area contributed by atoms with Gasteiger partial charge in [0.15, 0.2) is 0 Å². The molecule has 98 valence electrons. The van der Waals surface area contributed by atoms with Gasteiger partial charge in [0.05, 0.1) is 12.3 Å². The molecule has 0 spiro atoms. The molecule has 0 heterocycles. The fourth-order valence-corrected chi connectivity index (χ4v) is 2.45. The highest BCUT2D eigenvalue weighted by molar-refractivity contribution is 9.10. The first kappa shape index (κ1) is 14.8. The minimum Gasteiger partial charge on any atom is -0.463 e. The third-order valence-electron chi connectivity index (χ3n) is 2.47. The molecule has 0 aliphatic rings. The molecule has 1 aromatic carbocycles. The Hall–Kier alpha value is -1.29. The molecule has 0 unspecified atom stereocenters. The van der Waals surface area contributed by atoms with E-state index in [1.165, 1.54) is 5.56 Å². The summed E-state index contributed by atoms with van der Waals surface area (Å²) in [7, 11) is 0. The topological polar surface area (TPSA) is 38.3 Å². The van der Waals surface area contributed by atoms with Crippen molar-refractivity contribution in [1.82, 2.24) is 0 Å². The van der Waals surface area contributed by atoms with Crippen molar-refractivity contribution in [2.75, 3.05) is 18.5 Å². The van der Waals surface area contributed by atoms with Crippen LogP contribution in [0.4, 0.5) is 5.69 Å². The van der Waals surface area contributed by atoms with Crippen molar-refractivity contribution in [2.45, 2.75) is 20.8 Å². The number of aryl methyl sites for hydroxylation is 2. The minimum atomic E-state index is -0.356. The van der Waals surface area contributed by atoms with Gasteiger partial charge in [0.25, 0.3) is 0 Å². The van der Waals surface area contributed by atoms with Crippen LogP contribution in [0.1, 0.15) is 18.1 Å². The molecule has 1 rings (SSSR count). The molecule has 0 bridgehead atoms. The van der Waals surface area contributed by atoms with Crippen LogP contribution in [-0.2, 0) is 9.53 Å². The lowest BCUT2D eigenvalue weighted by molar-refractivity contribution is -0.138. The van der Waals surface area contributed by atoms with Crippen LogP contribution in [-0.4, -0.2) is 19.1 Å². The van der Waals surface area contributed by atoms with Crippen molar-refractivity contribution in [3.05, 3.63) is 39.9 Å². The Morgan fingerprint density at radius 2 is 2.11 bits per heavy atom. The maximum absolute atomic E-state index is 11.4. The van der Waals surface area contributed by atoms with Crippen molar-refractivity contribution in [2.24, 2.45) is 0 Å². The SMILES string of the molecule is C=C(CNc1c(C)cc(C)cc1Br)C(=O)OCC. The molecular formula is C14H18BrNO2. The monoisotopic (exact) mass is 311 g/mol. The summed E-state index contributed by atoms with van der Waals surface area (Å²) in [6.45, 7) is 10.3. The second-order valence-electron chi connectivity index (χ2n) is 4.12. The van der Waals surface area contributed by atoms with Gasteiger partial charge < -0.3 is 10.1 Å². The maximum Gasteiger partial charge on any atom is 0.335 e. The van der Waals surface area contributed by atoms with Crippen LogP contribution in [0.5, 0.6) is 0 Å². The first-order valence-corrected chi connectivity index (χ1v) is 6.60. The van der Waals surface area contributed by atoms with E-state index in [2.05, 4.69) is 33.9 Å². The van der Waals surface area contributed by atoms with Gasteiger partial charge in [-0.2, -0.15) is 0 Å². The number of benzene rings is 1. The molecule has 0 saturated heterocycles. The number of ether oxygens (including phenoxy) is 1. The molecule has 0 aliphatic heterocycles. The average Bonchev–Trinajstić information content (AvgIpc) is 2.27. The molecule has 0 saturated carbocycles. The predicted octanol–water partition coefficient (Wildman–Crippen LogP) is 3.60. The Labute approximate surface area is 116 Å². The van der Waals surface area contributed by atoms with Crippen molar-refractivity contribution < 1.29 is 9.53 Å². The summed E-state index contributed by atoms with van der Waals surface area (Å²) in [5.41, 5.74) is 3.71. The second kappa shape index (κ2) is 6.59. The summed E-state index contributed by atoms with van der Waals surface area (Å²) in [6.07, 6.45) is 0. The number of carbonyl (C=O) groups excluding carboxylic acids is 1. The normalized spacial score (nSPS) is 10.0. The molecule has 1 aromatic rings. The summed E-state index contributed by atoms with van der Waals surface area (Å²) < 4.78 is 5.86. The van der Waals surface area contributed by atoms with Crippen LogP contribution in [0.25, 0.3) is 0 Å². The molecule has 18 heavy (non-hydrogen) atoms. The zero-order chi connectivity index (χ0) is 13.7. The number of hydrogen-bond donors (Lipinski definition) is 1. The lowest BCUT2D eigenvalue weighted by Gasteiger charge is -2.13. The molecule has 0 atom stereocenters. The molecular weight excluding hydrogens is 294 g/mol. The molecule has 0 fully saturated rings. The van der Waals surface area contributed by atoms with Crippen LogP contribution in [0.2, 0.25) is 0 Å². The van der Waals surface area contributed by atoms with E-state index in [-0.39, 0.29) is 5.97 Å². The number of hydrogen-bond acceptors (Lipinski definition) is 3. The van der Waals surface area contributed by atoms with E-state index in [0.717, 1.165) is 15.7 Å². The van der Waals surface area contributed by atoms with E-state index in [1.807, 2.05) is 19.9 Å². The van der Waals surface area contributed by atoms with E-state index < -0.39 is 0 Å². The number of esters is 1. The molecule has 0 aliphatic carbocycles. The highest BCUT2D eigenvalue weighted by Gasteiger charge is 2.09. The Bertz CT molecular complexity index is 446. The second-order valence-corrected chi connectivity index (χ2v) is 4.97. The van der Waals surface area contributed by atoms with Gasteiger partial charge in [-0.1, -0.05) is 12.6 Å². The fourth-order valence-electron chi connectivity index (χ4n) is 1.64. The average molecular weight is 312 g/mol. The van der Waals surface area contributed by atoms with Crippen molar-refractivity contribution >= 4 is 27.6 Å². The van der Waals surface area contributed by atoms with E-state index in [1.54, 1.807) is 6.92 Å². The molecule has 1 N–H and O–H groups in total. The van der Waals surface area contributed by atoms with Gasteiger partial charge in [-0.05, 0) is 53.9 Å². The summed E-state index contributed by atoms with van der Waals surface area (Å²) >= 11 is 3.51. The highest BCUT2D eigenvalue weighted by Crippen LogP contribution is 2.27. The number of rotatable bonds is 5. The van der Waals surface area contributed by atoms with E-state index >= 15 is 0 Å². The van der Waals surface area contributed by atoms with Crippen molar-refractivity contribution in [3.63, 3.8) is 0 Å². The van der Waals surface area contributed by atoms with Gasteiger partial charge >= 0.3 is 5.97 Å². The first-order chi connectivity index (χ1) is 8.45. The van der Waals surface area contributed by atoms with Gasteiger partial charge in [-0.15, -0.1) is 0 Å². The summed E-state index contributed by atoms with van der Waals surface area (Å²) in [6, 6.07) is 4.11. The van der Waals surface area contributed by atoms with Gasteiger partial charge in [0.2, 0.25) is 0 Å². The van der Waals surface area contributed by atoms with Crippen LogP contribution in [0, 0.1) is 13.8 Å². The van der Waals surface area contributed by atoms with Crippen LogP contribution in [0.3, 0.4) is 0 Å². The number of anilines is 1. The standard InChI is InChI=1S/C14H18BrNO2/c1-5-18-14(17)11(4)8-16-13-10(3)6-9(2)7-12(13)15/h6-7,16H,4-5,8H2,1-3H3. The number of halogens is 1. The van der Waals surface area contributed by atoms with Gasteiger partial charge in [-0.25, -0.2) is 4.79 Å². The third-order valence-corrected chi connectivity index (χ3v) is 3.10. The van der Waals surface area contributed by atoms with Crippen LogP contribution >= 0.6 is 15.9 Å². The lowest BCUT2D eigenvalue weighted by atomic mass is 10.1. The summed E-state index contributed by atoms with van der Waals surface area (Å²) in [4.78, 5) is 11.4.